The molecule has 1 atom stereocenters. The highest BCUT2D eigenvalue weighted by molar-refractivity contribution is 7.91. The van der Waals surface area contributed by atoms with Crippen LogP contribution in [0.5, 0.6) is 0 Å². The summed E-state index contributed by atoms with van der Waals surface area (Å²) in [5, 5.41) is 1.34. The van der Waals surface area contributed by atoms with E-state index in [-0.39, 0.29) is 23.9 Å². The number of hydrogen-bond donors (Lipinski definition) is 0. The summed E-state index contributed by atoms with van der Waals surface area (Å²) in [5.41, 5.74) is 1.62. The van der Waals surface area contributed by atoms with Crippen molar-refractivity contribution in [3.8, 4) is 0 Å². The van der Waals surface area contributed by atoms with Crippen LogP contribution in [0.1, 0.15) is 27.0 Å². The largest absolute Gasteiger partial charge is 0.336 e. The van der Waals surface area contributed by atoms with Crippen LogP contribution in [0.25, 0.3) is 11.0 Å². The molecule has 0 spiro atoms. The standard InChI is InChI=1S/C18H17N3O3S2/c22-18(15-12-19-13-4-1-2-5-14(13)20-15)21-8-7-17(16-6-3-10-25-16)26(23,24)11-9-21/h1-6,10,12,17H,7-9,11H2/t17-/m1/s1. The molecule has 0 radical (unpaired) electrons. The summed E-state index contributed by atoms with van der Waals surface area (Å²) in [6.07, 6.45) is 1.86. The molecule has 1 amide bonds. The van der Waals surface area contributed by atoms with Gasteiger partial charge in [0.2, 0.25) is 0 Å². The van der Waals surface area contributed by atoms with Crippen LogP contribution < -0.4 is 0 Å². The van der Waals surface area contributed by atoms with Gasteiger partial charge in [-0.05, 0) is 30.0 Å². The van der Waals surface area contributed by atoms with Crippen LogP contribution in [0.2, 0.25) is 0 Å². The topological polar surface area (TPSA) is 80.2 Å². The average molecular weight is 387 g/mol. The summed E-state index contributed by atoms with van der Waals surface area (Å²) in [6, 6.07) is 11.0. The van der Waals surface area contributed by atoms with Crippen molar-refractivity contribution in [2.75, 3.05) is 18.8 Å². The number of carbonyl (C=O) groups excluding carboxylic acids is 1. The Morgan fingerprint density at radius 3 is 2.69 bits per heavy atom. The molecule has 0 unspecified atom stereocenters. The van der Waals surface area contributed by atoms with E-state index in [1.807, 2.05) is 35.7 Å². The van der Waals surface area contributed by atoms with Crippen molar-refractivity contribution >= 4 is 38.1 Å². The SMILES string of the molecule is O=C(c1cnc2ccccc2n1)N1CC[C@H](c2cccs2)S(=O)(=O)CC1. The zero-order chi connectivity index (χ0) is 18.1. The third-order valence-electron chi connectivity index (χ3n) is 4.56. The molecule has 1 aliphatic heterocycles. The van der Waals surface area contributed by atoms with E-state index in [2.05, 4.69) is 9.97 Å². The Labute approximate surface area is 155 Å². The number of para-hydroxylation sites is 2. The molecule has 2 aromatic heterocycles. The Hall–Kier alpha value is -2.32. The predicted molar refractivity (Wildman–Crippen MR) is 101 cm³/mol. The van der Waals surface area contributed by atoms with Crippen molar-refractivity contribution in [1.82, 2.24) is 14.9 Å². The summed E-state index contributed by atoms with van der Waals surface area (Å²) in [4.78, 5) is 23.9. The van der Waals surface area contributed by atoms with Gasteiger partial charge in [-0.2, -0.15) is 0 Å². The number of fused-ring (bicyclic) bond motifs is 1. The molecular formula is C18H17N3O3S2. The predicted octanol–water partition coefficient (Wildman–Crippen LogP) is 2.69. The normalized spacial score (nSPS) is 20.0. The van der Waals surface area contributed by atoms with Gasteiger partial charge in [-0.3, -0.25) is 9.78 Å². The van der Waals surface area contributed by atoms with Crippen LogP contribution in [0.3, 0.4) is 0 Å². The van der Waals surface area contributed by atoms with Crippen molar-refractivity contribution in [2.45, 2.75) is 11.7 Å². The number of nitrogens with zero attached hydrogens (tertiary/aromatic N) is 3. The fourth-order valence-electron chi connectivity index (χ4n) is 3.16. The van der Waals surface area contributed by atoms with Gasteiger partial charge in [0.1, 0.15) is 5.69 Å². The molecule has 1 aliphatic rings. The lowest BCUT2D eigenvalue weighted by molar-refractivity contribution is 0.0761. The van der Waals surface area contributed by atoms with E-state index < -0.39 is 15.1 Å². The summed E-state index contributed by atoms with van der Waals surface area (Å²) < 4.78 is 25.2. The minimum absolute atomic E-state index is 0.0394. The van der Waals surface area contributed by atoms with Crippen molar-refractivity contribution in [1.29, 1.82) is 0 Å². The van der Waals surface area contributed by atoms with Crippen molar-refractivity contribution < 1.29 is 13.2 Å². The Morgan fingerprint density at radius 1 is 1.12 bits per heavy atom. The molecule has 0 bridgehead atoms. The van der Waals surface area contributed by atoms with E-state index in [9.17, 15) is 13.2 Å². The highest BCUT2D eigenvalue weighted by Crippen LogP contribution is 2.32. The maximum Gasteiger partial charge on any atom is 0.274 e. The Kier molecular flexibility index (Phi) is 4.46. The molecule has 6 nitrogen and oxygen atoms in total. The number of carbonyl (C=O) groups is 1. The smallest absolute Gasteiger partial charge is 0.274 e. The van der Waals surface area contributed by atoms with Crippen LogP contribution in [-0.4, -0.2) is 48.0 Å². The molecule has 26 heavy (non-hydrogen) atoms. The highest BCUT2D eigenvalue weighted by atomic mass is 32.2. The molecule has 0 N–H and O–H groups in total. The van der Waals surface area contributed by atoms with E-state index in [1.165, 1.54) is 17.5 Å². The minimum atomic E-state index is -3.29. The second-order valence-corrected chi connectivity index (χ2v) is 9.48. The van der Waals surface area contributed by atoms with Crippen molar-refractivity contribution in [3.63, 3.8) is 0 Å². The summed E-state index contributed by atoms with van der Waals surface area (Å²) in [7, 11) is -3.29. The van der Waals surface area contributed by atoms with Gasteiger partial charge in [0.25, 0.3) is 5.91 Å². The van der Waals surface area contributed by atoms with Gasteiger partial charge in [-0.15, -0.1) is 11.3 Å². The lowest BCUT2D eigenvalue weighted by Gasteiger charge is -2.19. The van der Waals surface area contributed by atoms with E-state index in [1.54, 1.807) is 11.0 Å². The molecule has 8 heteroatoms. The second kappa shape index (κ2) is 6.77. The fraction of sp³-hybridized carbons (Fsp3) is 0.278. The number of aromatic nitrogens is 2. The molecular weight excluding hydrogens is 370 g/mol. The molecule has 1 saturated heterocycles. The maximum atomic E-state index is 12.8. The first-order chi connectivity index (χ1) is 12.5. The Balaban J connectivity index is 1.59. The molecule has 4 rings (SSSR count). The quantitative estimate of drug-likeness (QED) is 0.675. The summed E-state index contributed by atoms with van der Waals surface area (Å²) >= 11 is 1.44. The third kappa shape index (κ3) is 3.22. The van der Waals surface area contributed by atoms with E-state index in [0.717, 1.165) is 10.4 Å². The van der Waals surface area contributed by atoms with E-state index in [4.69, 9.17) is 0 Å². The zero-order valence-corrected chi connectivity index (χ0v) is 15.5. The molecule has 0 saturated carbocycles. The number of hydrogen-bond acceptors (Lipinski definition) is 6. The number of amides is 1. The van der Waals surface area contributed by atoms with E-state index in [0.29, 0.717) is 18.5 Å². The first-order valence-corrected chi connectivity index (χ1v) is 10.9. The van der Waals surface area contributed by atoms with Crippen LogP contribution in [0, 0.1) is 0 Å². The van der Waals surface area contributed by atoms with Crippen LogP contribution in [-0.2, 0) is 9.84 Å². The molecule has 0 aliphatic carbocycles. The van der Waals surface area contributed by atoms with Gasteiger partial charge in [-0.25, -0.2) is 13.4 Å². The first-order valence-electron chi connectivity index (χ1n) is 8.31. The van der Waals surface area contributed by atoms with E-state index >= 15 is 0 Å². The number of thiophene rings is 1. The van der Waals surface area contributed by atoms with Crippen LogP contribution in [0.15, 0.2) is 48.0 Å². The van der Waals surface area contributed by atoms with Crippen LogP contribution in [0.4, 0.5) is 0 Å². The third-order valence-corrected chi connectivity index (χ3v) is 7.80. The zero-order valence-electron chi connectivity index (χ0n) is 13.9. The summed E-state index contributed by atoms with van der Waals surface area (Å²) in [6.45, 7) is 0.562. The number of sulfone groups is 1. The van der Waals surface area contributed by atoms with Crippen molar-refractivity contribution in [2.24, 2.45) is 0 Å². The van der Waals surface area contributed by atoms with Gasteiger partial charge < -0.3 is 4.90 Å². The average Bonchev–Trinajstić information content (AvgIpc) is 3.12. The molecule has 134 valence electrons. The fourth-order valence-corrected chi connectivity index (χ4v) is 6.17. The monoisotopic (exact) mass is 387 g/mol. The van der Waals surface area contributed by atoms with Gasteiger partial charge in [0.05, 0.1) is 28.2 Å². The Bertz CT molecular complexity index is 1050. The van der Waals surface area contributed by atoms with Gasteiger partial charge in [0, 0.05) is 18.0 Å². The van der Waals surface area contributed by atoms with Crippen molar-refractivity contribution in [3.05, 3.63) is 58.5 Å². The second-order valence-electron chi connectivity index (χ2n) is 6.20. The molecule has 1 aromatic carbocycles. The summed E-state index contributed by atoms with van der Waals surface area (Å²) in [5.74, 6) is -0.312. The first kappa shape index (κ1) is 17.1. The molecule has 3 heterocycles. The van der Waals surface area contributed by atoms with Crippen LogP contribution >= 0.6 is 11.3 Å². The Morgan fingerprint density at radius 2 is 1.92 bits per heavy atom. The highest BCUT2D eigenvalue weighted by Gasteiger charge is 2.33. The number of rotatable bonds is 2. The van der Waals surface area contributed by atoms with Gasteiger partial charge in [0.15, 0.2) is 9.84 Å². The number of benzene rings is 1. The molecule has 1 fully saturated rings. The lowest BCUT2D eigenvalue weighted by Crippen LogP contribution is -2.34. The minimum Gasteiger partial charge on any atom is -0.336 e. The maximum absolute atomic E-state index is 12.8. The lowest BCUT2D eigenvalue weighted by atomic mass is 10.2. The molecule has 3 aromatic rings. The van der Waals surface area contributed by atoms with Gasteiger partial charge >= 0.3 is 0 Å². The van der Waals surface area contributed by atoms with Gasteiger partial charge in [-0.1, -0.05) is 18.2 Å².